The number of aromatic nitrogens is 2. The molecule has 1 aliphatic rings. The Morgan fingerprint density at radius 2 is 2.56 bits per heavy atom. The molecule has 3 heterocycles. The van der Waals surface area contributed by atoms with E-state index in [0.29, 0.717) is 11.2 Å². The minimum absolute atomic E-state index is 0.0358. The van der Waals surface area contributed by atoms with Gasteiger partial charge in [-0.2, -0.15) is 0 Å². The first-order valence-electron chi connectivity index (χ1n) is 6.03. The van der Waals surface area contributed by atoms with Crippen LogP contribution >= 0.6 is 11.3 Å². The summed E-state index contributed by atoms with van der Waals surface area (Å²) in [5, 5.41) is 1.90. The van der Waals surface area contributed by atoms with Gasteiger partial charge in [-0.1, -0.05) is 0 Å². The molecular weight excluding hydrogens is 250 g/mol. The average molecular weight is 265 g/mol. The van der Waals surface area contributed by atoms with Crippen LogP contribution in [-0.4, -0.2) is 40.7 Å². The van der Waals surface area contributed by atoms with Crippen molar-refractivity contribution < 1.29 is 4.74 Å². The number of hydrogen-bond acceptors (Lipinski definition) is 5. The number of aromatic amines is 1. The summed E-state index contributed by atoms with van der Waals surface area (Å²) >= 11 is 1.43. The number of hydrogen-bond donors (Lipinski definition) is 1. The van der Waals surface area contributed by atoms with Gasteiger partial charge < -0.3 is 9.72 Å². The monoisotopic (exact) mass is 265 g/mol. The molecule has 6 heteroatoms. The van der Waals surface area contributed by atoms with Gasteiger partial charge in [-0.15, -0.1) is 11.3 Å². The summed E-state index contributed by atoms with van der Waals surface area (Å²) in [6.07, 6.45) is 0.246. The van der Waals surface area contributed by atoms with Crippen molar-refractivity contribution in [2.45, 2.75) is 19.6 Å². The normalized spacial score (nSPS) is 21.5. The number of H-pyrrole nitrogens is 1. The predicted molar refractivity (Wildman–Crippen MR) is 70.9 cm³/mol. The fraction of sp³-hybridized carbons (Fsp3) is 0.500. The van der Waals surface area contributed by atoms with Crippen LogP contribution in [0.4, 0.5) is 0 Å². The molecule has 0 amide bonds. The van der Waals surface area contributed by atoms with Gasteiger partial charge in [-0.05, 0) is 18.4 Å². The van der Waals surface area contributed by atoms with Crippen molar-refractivity contribution in [3.8, 4) is 0 Å². The van der Waals surface area contributed by atoms with Gasteiger partial charge >= 0.3 is 0 Å². The molecule has 2 aromatic rings. The maximum Gasteiger partial charge on any atom is 0.268 e. The molecule has 2 aromatic heterocycles. The molecule has 0 radical (unpaired) electrons. The zero-order valence-corrected chi connectivity index (χ0v) is 11.0. The molecule has 18 heavy (non-hydrogen) atoms. The Kier molecular flexibility index (Phi) is 3.15. The molecule has 1 N–H and O–H groups in total. The Morgan fingerprint density at radius 1 is 1.67 bits per heavy atom. The highest BCUT2D eigenvalue weighted by molar-refractivity contribution is 7.17. The van der Waals surface area contributed by atoms with E-state index in [2.05, 4.69) is 21.8 Å². The molecule has 5 nitrogen and oxygen atoms in total. The first-order valence-corrected chi connectivity index (χ1v) is 6.91. The fourth-order valence-corrected chi connectivity index (χ4v) is 2.97. The molecule has 0 saturated carbocycles. The number of ether oxygens (including phenoxy) is 1. The number of morpholine rings is 1. The van der Waals surface area contributed by atoms with Crippen LogP contribution in [0.2, 0.25) is 0 Å². The Hall–Kier alpha value is -1.24. The molecule has 96 valence electrons. The Bertz CT molecular complexity index is 607. The molecule has 3 rings (SSSR count). The van der Waals surface area contributed by atoms with Gasteiger partial charge in [0.2, 0.25) is 0 Å². The lowest BCUT2D eigenvalue weighted by Gasteiger charge is -2.30. The van der Waals surface area contributed by atoms with Crippen molar-refractivity contribution in [3.05, 3.63) is 27.6 Å². The largest absolute Gasteiger partial charge is 0.376 e. The topological polar surface area (TPSA) is 58.2 Å². The zero-order chi connectivity index (χ0) is 12.5. The number of nitrogens with one attached hydrogen (secondary N) is 1. The number of fused-ring (bicyclic) bond motifs is 1. The average Bonchev–Trinajstić information content (AvgIpc) is 2.77. The van der Waals surface area contributed by atoms with Gasteiger partial charge in [0, 0.05) is 13.1 Å². The molecule has 0 bridgehead atoms. The van der Waals surface area contributed by atoms with E-state index in [4.69, 9.17) is 4.74 Å². The van der Waals surface area contributed by atoms with Crippen molar-refractivity contribution in [2.24, 2.45) is 0 Å². The van der Waals surface area contributed by atoms with Crippen LogP contribution in [-0.2, 0) is 11.3 Å². The standard InChI is InChI=1S/C12H15N3O2S/c1-8-6-15(3-4-17-8)7-10-13-9-2-5-18-11(9)12(16)14-10/h2,5,8H,3-4,6-7H2,1H3,(H,13,14,16)/t8-/m0/s1. The minimum atomic E-state index is -0.0358. The Morgan fingerprint density at radius 3 is 3.39 bits per heavy atom. The summed E-state index contributed by atoms with van der Waals surface area (Å²) in [5.74, 6) is 0.736. The second kappa shape index (κ2) is 4.79. The molecule has 0 aliphatic carbocycles. The molecule has 1 atom stereocenters. The van der Waals surface area contributed by atoms with Gasteiger partial charge in [0.1, 0.15) is 10.5 Å². The van der Waals surface area contributed by atoms with E-state index < -0.39 is 0 Å². The number of thiophene rings is 1. The highest BCUT2D eigenvalue weighted by atomic mass is 32.1. The Balaban J connectivity index is 1.83. The molecular formula is C12H15N3O2S. The van der Waals surface area contributed by atoms with Gasteiger partial charge in [-0.25, -0.2) is 4.98 Å². The van der Waals surface area contributed by atoms with Crippen LogP contribution < -0.4 is 5.56 Å². The maximum atomic E-state index is 11.8. The summed E-state index contributed by atoms with van der Waals surface area (Å²) in [6.45, 7) is 5.24. The first-order chi connectivity index (χ1) is 8.72. The van der Waals surface area contributed by atoms with E-state index in [9.17, 15) is 4.79 Å². The van der Waals surface area contributed by atoms with Crippen molar-refractivity contribution in [1.29, 1.82) is 0 Å². The molecule has 1 saturated heterocycles. The van der Waals surface area contributed by atoms with Crippen LogP contribution in [0.3, 0.4) is 0 Å². The SMILES string of the molecule is C[C@H]1CN(Cc2nc3ccsc3c(=O)[nH]2)CCO1. The summed E-state index contributed by atoms with van der Waals surface area (Å²) in [4.78, 5) is 21.4. The number of rotatable bonds is 2. The van der Waals surface area contributed by atoms with E-state index in [0.717, 1.165) is 31.0 Å². The summed E-state index contributed by atoms with van der Waals surface area (Å²) < 4.78 is 6.20. The Labute approximate surface area is 108 Å². The summed E-state index contributed by atoms with van der Waals surface area (Å²) in [6, 6.07) is 1.89. The third-order valence-electron chi connectivity index (χ3n) is 3.06. The summed E-state index contributed by atoms with van der Waals surface area (Å²) in [7, 11) is 0. The van der Waals surface area contributed by atoms with Gasteiger partial charge in [-0.3, -0.25) is 9.69 Å². The maximum absolute atomic E-state index is 11.8. The molecule has 0 unspecified atom stereocenters. The minimum Gasteiger partial charge on any atom is -0.376 e. The third kappa shape index (κ3) is 2.31. The van der Waals surface area contributed by atoms with Gasteiger partial charge in [0.15, 0.2) is 0 Å². The highest BCUT2D eigenvalue weighted by Gasteiger charge is 2.17. The predicted octanol–water partition coefficient (Wildman–Crippen LogP) is 1.21. The lowest BCUT2D eigenvalue weighted by Crippen LogP contribution is -2.41. The van der Waals surface area contributed by atoms with E-state index in [1.165, 1.54) is 11.3 Å². The smallest absolute Gasteiger partial charge is 0.268 e. The van der Waals surface area contributed by atoms with Gasteiger partial charge in [0.25, 0.3) is 5.56 Å². The lowest BCUT2D eigenvalue weighted by atomic mass is 10.3. The molecule has 0 spiro atoms. The van der Waals surface area contributed by atoms with Crippen LogP contribution in [0, 0.1) is 0 Å². The second-order valence-electron chi connectivity index (χ2n) is 4.56. The third-order valence-corrected chi connectivity index (χ3v) is 3.96. The van der Waals surface area contributed by atoms with E-state index in [-0.39, 0.29) is 11.7 Å². The molecule has 1 aliphatic heterocycles. The zero-order valence-electron chi connectivity index (χ0n) is 10.2. The van der Waals surface area contributed by atoms with Crippen molar-refractivity contribution in [3.63, 3.8) is 0 Å². The van der Waals surface area contributed by atoms with E-state index in [1.807, 2.05) is 11.4 Å². The van der Waals surface area contributed by atoms with Crippen molar-refractivity contribution >= 4 is 21.6 Å². The van der Waals surface area contributed by atoms with Crippen LogP contribution in [0.25, 0.3) is 10.2 Å². The van der Waals surface area contributed by atoms with Crippen LogP contribution in [0.15, 0.2) is 16.2 Å². The van der Waals surface area contributed by atoms with Crippen LogP contribution in [0.1, 0.15) is 12.7 Å². The van der Waals surface area contributed by atoms with Crippen molar-refractivity contribution in [1.82, 2.24) is 14.9 Å². The quantitative estimate of drug-likeness (QED) is 0.886. The first kappa shape index (κ1) is 11.8. The van der Waals surface area contributed by atoms with Crippen LogP contribution in [0.5, 0.6) is 0 Å². The molecule has 1 fully saturated rings. The van der Waals surface area contributed by atoms with Crippen molar-refractivity contribution in [2.75, 3.05) is 19.7 Å². The fourth-order valence-electron chi connectivity index (χ4n) is 2.24. The second-order valence-corrected chi connectivity index (χ2v) is 5.48. The molecule has 0 aromatic carbocycles. The lowest BCUT2D eigenvalue weighted by molar-refractivity contribution is -0.0219. The highest BCUT2D eigenvalue weighted by Crippen LogP contribution is 2.14. The van der Waals surface area contributed by atoms with E-state index >= 15 is 0 Å². The van der Waals surface area contributed by atoms with E-state index in [1.54, 1.807) is 0 Å². The van der Waals surface area contributed by atoms with Gasteiger partial charge in [0.05, 0.1) is 24.8 Å². The summed E-state index contributed by atoms with van der Waals surface area (Å²) in [5.41, 5.74) is 0.756. The number of nitrogens with zero attached hydrogens (tertiary/aromatic N) is 2.